The summed E-state index contributed by atoms with van der Waals surface area (Å²) >= 11 is 0. The van der Waals surface area contributed by atoms with Gasteiger partial charge in [-0.3, -0.25) is 5.41 Å². The average Bonchev–Trinajstić information content (AvgIpc) is 3.63. The van der Waals surface area contributed by atoms with Crippen molar-refractivity contribution in [1.29, 1.82) is 5.41 Å². The summed E-state index contributed by atoms with van der Waals surface area (Å²) < 4.78 is 27.6. The van der Waals surface area contributed by atoms with Crippen molar-refractivity contribution in [2.24, 2.45) is 5.92 Å². The third-order valence-corrected chi connectivity index (χ3v) is 6.93. The summed E-state index contributed by atoms with van der Waals surface area (Å²) in [6, 6.07) is 12.8. The number of aromatic nitrogens is 2. The Kier molecular flexibility index (Phi) is 8.20. The quantitative estimate of drug-likeness (QED) is 0.114. The molecule has 1 atom stereocenters. The second kappa shape index (κ2) is 12.1. The number of methoxy groups -OCH3 is 2. The Hall–Kier alpha value is -4.51. The van der Waals surface area contributed by atoms with Gasteiger partial charge < -0.3 is 38.4 Å². The molecule has 1 aliphatic heterocycles. The third kappa shape index (κ3) is 6.04. The summed E-state index contributed by atoms with van der Waals surface area (Å²) in [7, 11) is 3.07. The van der Waals surface area contributed by atoms with E-state index in [1.807, 2.05) is 30.3 Å². The molecule has 1 aliphatic rings. The van der Waals surface area contributed by atoms with Gasteiger partial charge in [0.15, 0.2) is 18.5 Å². The number of imidazole rings is 1. The van der Waals surface area contributed by atoms with Crippen LogP contribution in [0, 0.1) is 11.3 Å². The van der Waals surface area contributed by atoms with E-state index in [4.69, 9.17) is 29.1 Å². The van der Waals surface area contributed by atoms with Gasteiger partial charge in [0.05, 0.1) is 44.4 Å². The van der Waals surface area contributed by atoms with Gasteiger partial charge in [0.2, 0.25) is 0 Å². The Morgan fingerprint density at radius 1 is 1.23 bits per heavy atom. The SMILES string of the molecule is COC(=N)Cc1ncc(-c2cc3c(OCC4CCCN(c5ccc(C(=O)OCO)cc5)C4)cc(OC)cc3o2)[nH]1. The highest BCUT2D eigenvalue weighted by atomic mass is 16.6. The van der Waals surface area contributed by atoms with Gasteiger partial charge in [0.1, 0.15) is 28.6 Å². The molecule has 1 fully saturated rings. The number of carbonyl (C=O) groups is 1. The van der Waals surface area contributed by atoms with Gasteiger partial charge >= 0.3 is 5.97 Å². The van der Waals surface area contributed by atoms with Crippen LogP contribution in [0.25, 0.3) is 22.4 Å². The summed E-state index contributed by atoms with van der Waals surface area (Å²) in [5.74, 6) is 2.38. The Bertz CT molecular complexity index is 1480. The van der Waals surface area contributed by atoms with Crippen molar-refractivity contribution in [2.75, 3.05) is 45.6 Å². The molecule has 11 nitrogen and oxygen atoms in total. The largest absolute Gasteiger partial charge is 0.496 e. The first-order chi connectivity index (χ1) is 19.5. The van der Waals surface area contributed by atoms with Gasteiger partial charge in [-0.15, -0.1) is 0 Å². The molecule has 11 heteroatoms. The highest BCUT2D eigenvalue weighted by molar-refractivity contribution is 5.90. The van der Waals surface area contributed by atoms with Crippen molar-refractivity contribution in [3.63, 3.8) is 0 Å². The molecule has 3 heterocycles. The minimum atomic E-state index is -0.639. The number of hydrogen-bond donors (Lipinski definition) is 3. The predicted molar refractivity (Wildman–Crippen MR) is 148 cm³/mol. The monoisotopic (exact) mass is 548 g/mol. The maximum atomic E-state index is 11.8. The van der Waals surface area contributed by atoms with E-state index in [9.17, 15) is 4.79 Å². The lowest BCUT2D eigenvalue weighted by molar-refractivity contribution is 0.00683. The van der Waals surface area contributed by atoms with Gasteiger partial charge in [0, 0.05) is 36.8 Å². The number of aromatic amines is 1. The molecule has 0 saturated carbocycles. The van der Waals surface area contributed by atoms with Crippen LogP contribution in [-0.4, -0.2) is 67.7 Å². The number of H-pyrrole nitrogens is 1. The number of aliphatic hydroxyl groups is 1. The van der Waals surface area contributed by atoms with Gasteiger partial charge in [-0.25, -0.2) is 9.78 Å². The van der Waals surface area contributed by atoms with Gasteiger partial charge in [0.25, 0.3) is 0 Å². The van der Waals surface area contributed by atoms with E-state index in [0.29, 0.717) is 52.4 Å². The maximum absolute atomic E-state index is 11.8. The van der Waals surface area contributed by atoms with Crippen LogP contribution in [0.1, 0.15) is 29.0 Å². The molecule has 0 amide bonds. The van der Waals surface area contributed by atoms with E-state index in [1.165, 1.54) is 7.11 Å². The fourth-order valence-corrected chi connectivity index (χ4v) is 4.85. The summed E-state index contributed by atoms with van der Waals surface area (Å²) in [6.07, 6.45) is 3.99. The van der Waals surface area contributed by atoms with Crippen LogP contribution in [0.3, 0.4) is 0 Å². The number of anilines is 1. The topological polar surface area (TPSA) is 143 Å². The zero-order valence-electron chi connectivity index (χ0n) is 22.4. The minimum absolute atomic E-state index is 0.118. The number of aliphatic hydroxyl groups excluding tert-OH is 1. The normalized spacial score (nSPS) is 15.2. The lowest BCUT2D eigenvalue weighted by Gasteiger charge is -2.34. The van der Waals surface area contributed by atoms with E-state index in [2.05, 4.69) is 19.6 Å². The van der Waals surface area contributed by atoms with Gasteiger partial charge in [-0.2, -0.15) is 0 Å². The summed E-state index contributed by atoms with van der Waals surface area (Å²) in [5, 5.41) is 17.3. The second-order valence-corrected chi connectivity index (χ2v) is 9.57. The van der Waals surface area contributed by atoms with Crippen LogP contribution in [0.4, 0.5) is 5.69 Å². The summed E-state index contributed by atoms with van der Waals surface area (Å²) in [6.45, 7) is 1.62. The van der Waals surface area contributed by atoms with Crippen LogP contribution in [0.5, 0.6) is 11.5 Å². The number of nitrogens with zero attached hydrogens (tertiary/aromatic N) is 2. The lowest BCUT2D eigenvalue weighted by atomic mass is 9.98. The molecule has 5 rings (SSSR count). The lowest BCUT2D eigenvalue weighted by Crippen LogP contribution is -2.37. The smallest absolute Gasteiger partial charge is 0.340 e. The third-order valence-electron chi connectivity index (χ3n) is 6.93. The van der Waals surface area contributed by atoms with E-state index in [0.717, 1.165) is 37.0 Å². The molecule has 2 aromatic heterocycles. The molecule has 0 bridgehead atoms. The van der Waals surface area contributed by atoms with E-state index in [1.54, 1.807) is 25.4 Å². The predicted octanol–water partition coefficient (Wildman–Crippen LogP) is 4.40. The van der Waals surface area contributed by atoms with Crippen molar-refractivity contribution in [2.45, 2.75) is 19.3 Å². The molecule has 3 N–H and O–H groups in total. The number of esters is 1. The molecule has 2 aromatic carbocycles. The van der Waals surface area contributed by atoms with Crippen molar-refractivity contribution in [1.82, 2.24) is 9.97 Å². The van der Waals surface area contributed by atoms with Crippen molar-refractivity contribution >= 4 is 28.5 Å². The van der Waals surface area contributed by atoms with Crippen LogP contribution < -0.4 is 14.4 Å². The average molecular weight is 549 g/mol. The Balaban J connectivity index is 1.29. The number of rotatable bonds is 10. The molecule has 1 saturated heterocycles. The maximum Gasteiger partial charge on any atom is 0.340 e. The molecule has 0 aliphatic carbocycles. The number of ether oxygens (including phenoxy) is 4. The minimum Gasteiger partial charge on any atom is -0.496 e. The fourth-order valence-electron chi connectivity index (χ4n) is 4.85. The number of hydrogen-bond acceptors (Lipinski definition) is 10. The number of piperidine rings is 1. The van der Waals surface area contributed by atoms with Crippen molar-refractivity contribution < 1.29 is 33.3 Å². The second-order valence-electron chi connectivity index (χ2n) is 9.57. The number of fused-ring (bicyclic) bond motifs is 1. The van der Waals surface area contributed by atoms with E-state index < -0.39 is 12.8 Å². The molecule has 0 radical (unpaired) electrons. The zero-order chi connectivity index (χ0) is 28.1. The molecule has 210 valence electrons. The van der Waals surface area contributed by atoms with Crippen LogP contribution in [-0.2, 0) is 15.9 Å². The molecule has 0 spiro atoms. The molecular formula is C29H32N4O7. The Morgan fingerprint density at radius 2 is 2.05 bits per heavy atom. The standard InChI is InChI=1S/C29H32N4O7/c1-36-21-10-24(22-12-26(40-25(22)11-21)23-14-31-28(32-23)13-27(30)37-2)38-16-18-4-3-9-33(15-18)20-7-5-19(6-8-20)29(35)39-17-34/h5-8,10-12,14,18,30,34H,3-4,9,13,15-17H2,1-2H3,(H,31,32). The van der Waals surface area contributed by atoms with Crippen LogP contribution in [0.2, 0.25) is 0 Å². The van der Waals surface area contributed by atoms with Crippen molar-refractivity contribution in [3.8, 4) is 23.0 Å². The number of benzene rings is 2. The number of nitrogens with one attached hydrogen (secondary N) is 2. The summed E-state index contributed by atoms with van der Waals surface area (Å²) in [4.78, 5) is 21.6. The van der Waals surface area contributed by atoms with E-state index in [-0.39, 0.29) is 12.3 Å². The van der Waals surface area contributed by atoms with Crippen molar-refractivity contribution in [3.05, 3.63) is 60.0 Å². The first kappa shape index (κ1) is 27.1. The fraction of sp³-hybridized carbons (Fsp3) is 0.345. The van der Waals surface area contributed by atoms with Gasteiger partial charge in [-0.1, -0.05) is 0 Å². The van der Waals surface area contributed by atoms with Crippen LogP contribution >= 0.6 is 0 Å². The molecule has 4 aromatic rings. The Labute approximate surface area is 231 Å². The first-order valence-corrected chi connectivity index (χ1v) is 13.0. The highest BCUT2D eigenvalue weighted by Gasteiger charge is 2.22. The van der Waals surface area contributed by atoms with Crippen LogP contribution in [0.15, 0.2) is 53.1 Å². The summed E-state index contributed by atoms with van der Waals surface area (Å²) in [5.41, 5.74) is 2.75. The van der Waals surface area contributed by atoms with Gasteiger partial charge in [-0.05, 0) is 43.2 Å². The molecule has 40 heavy (non-hydrogen) atoms. The zero-order valence-corrected chi connectivity index (χ0v) is 22.4. The molecule has 1 unspecified atom stereocenters. The first-order valence-electron chi connectivity index (χ1n) is 13.0. The molecular weight excluding hydrogens is 516 g/mol. The number of furan rings is 1. The number of carbonyl (C=O) groups excluding carboxylic acids is 1. The highest BCUT2D eigenvalue weighted by Crippen LogP contribution is 2.37. The Morgan fingerprint density at radius 3 is 2.80 bits per heavy atom. The van der Waals surface area contributed by atoms with E-state index >= 15 is 0 Å².